The number of amides is 1. The van der Waals surface area contributed by atoms with Crippen molar-refractivity contribution < 1.29 is 23.7 Å². The van der Waals surface area contributed by atoms with Gasteiger partial charge < -0.3 is 30.0 Å². The lowest BCUT2D eigenvalue weighted by atomic mass is 10.1. The molecule has 0 aromatic heterocycles. The van der Waals surface area contributed by atoms with Crippen LogP contribution in [0.5, 0.6) is 23.0 Å². The molecule has 7 heteroatoms. The van der Waals surface area contributed by atoms with Gasteiger partial charge in [-0.3, -0.25) is 4.79 Å². The summed E-state index contributed by atoms with van der Waals surface area (Å²) >= 11 is 0. The van der Waals surface area contributed by atoms with Gasteiger partial charge in [0, 0.05) is 0 Å². The minimum absolute atomic E-state index is 0.100. The molecule has 0 aliphatic carbocycles. The lowest BCUT2D eigenvalue weighted by molar-refractivity contribution is -0.114. The molecule has 0 spiro atoms. The van der Waals surface area contributed by atoms with Gasteiger partial charge in [0.15, 0.2) is 11.5 Å². The number of anilines is 1. The second kappa shape index (κ2) is 10.2. The number of nitrogens with one attached hydrogen (secondary N) is 1. The molecule has 0 saturated carbocycles. The van der Waals surface area contributed by atoms with Crippen LogP contribution in [0.1, 0.15) is 18.1 Å². The van der Waals surface area contributed by atoms with E-state index in [1.807, 2.05) is 49.4 Å². The normalized spacial score (nSPS) is 10.6. The Hall–Kier alpha value is -3.19. The maximum absolute atomic E-state index is 11.7. The number of methoxy groups -OCH3 is 3. The fourth-order valence-electron chi connectivity index (χ4n) is 2.62. The zero-order valence-electron chi connectivity index (χ0n) is 16.6. The third kappa shape index (κ3) is 5.17. The van der Waals surface area contributed by atoms with Crippen molar-refractivity contribution in [3.63, 3.8) is 0 Å². The number of carbonyl (C=O) groups is 1. The topological polar surface area (TPSA) is 92.0 Å². The fraction of sp³-hybridized carbons (Fsp3) is 0.286. The highest BCUT2D eigenvalue weighted by Gasteiger charge is 2.12. The lowest BCUT2D eigenvalue weighted by Crippen LogP contribution is -2.22. The Morgan fingerprint density at radius 2 is 1.61 bits per heavy atom. The van der Waals surface area contributed by atoms with Crippen molar-refractivity contribution in [1.29, 1.82) is 0 Å². The highest BCUT2D eigenvalue weighted by molar-refractivity contribution is 5.94. The average molecular weight is 386 g/mol. The molecular formula is C21H26N2O5. The average Bonchev–Trinajstić information content (AvgIpc) is 2.72. The molecule has 2 aromatic rings. The summed E-state index contributed by atoms with van der Waals surface area (Å²) in [5.41, 5.74) is 7.72. The van der Waals surface area contributed by atoms with Gasteiger partial charge in [0.1, 0.15) is 5.75 Å². The zero-order valence-corrected chi connectivity index (χ0v) is 16.6. The van der Waals surface area contributed by atoms with Crippen LogP contribution in [0.25, 0.3) is 12.2 Å². The van der Waals surface area contributed by atoms with Crippen LogP contribution in [-0.2, 0) is 4.79 Å². The molecule has 0 heterocycles. The molecular weight excluding hydrogens is 360 g/mol. The van der Waals surface area contributed by atoms with Crippen molar-refractivity contribution in [2.45, 2.75) is 6.92 Å². The Balaban J connectivity index is 2.35. The number of ether oxygens (including phenoxy) is 4. The van der Waals surface area contributed by atoms with Gasteiger partial charge in [-0.05, 0) is 42.3 Å². The zero-order chi connectivity index (χ0) is 20.5. The first-order valence-corrected chi connectivity index (χ1v) is 8.81. The molecule has 2 aromatic carbocycles. The first-order chi connectivity index (χ1) is 13.6. The molecule has 150 valence electrons. The molecule has 0 atom stereocenters. The van der Waals surface area contributed by atoms with Gasteiger partial charge in [0.05, 0.1) is 40.2 Å². The molecule has 2 rings (SSSR count). The molecule has 0 saturated heterocycles. The Morgan fingerprint density at radius 1 is 0.964 bits per heavy atom. The molecule has 0 radical (unpaired) electrons. The van der Waals surface area contributed by atoms with Gasteiger partial charge in [-0.2, -0.15) is 0 Å². The quantitative estimate of drug-likeness (QED) is 0.643. The van der Waals surface area contributed by atoms with Crippen LogP contribution < -0.4 is 30.0 Å². The Morgan fingerprint density at radius 3 is 2.14 bits per heavy atom. The van der Waals surface area contributed by atoms with E-state index < -0.39 is 0 Å². The first kappa shape index (κ1) is 21.1. The molecule has 0 fully saturated rings. The number of benzene rings is 2. The maximum atomic E-state index is 11.7. The van der Waals surface area contributed by atoms with Gasteiger partial charge >= 0.3 is 0 Å². The van der Waals surface area contributed by atoms with E-state index in [-0.39, 0.29) is 12.5 Å². The number of hydrogen-bond donors (Lipinski definition) is 2. The van der Waals surface area contributed by atoms with Gasteiger partial charge in [0.25, 0.3) is 0 Å². The number of hydrogen-bond acceptors (Lipinski definition) is 6. The van der Waals surface area contributed by atoms with E-state index >= 15 is 0 Å². The van der Waals surface area contributed by atoms with E-state index in [1.165, 1.54) is 0 Å². The number of carbonyl (C=O) groups excluding carboxylic acids is 1. The lowest BCUT2D eigenvalue weighted by Gasteiger charge is -2.13. The smallest absolute Gasteiger partial charge is 0.238 e. The largest absolute Gasteiger partial charge is 0.493 e. The van der Waals surface area contributed by atoms with Crippen LogP contribution in [-0.4, -0.2) is 40.4 Å². The van der Waals surface area contributed by atoms with Gasteiger partial charge in [-0.25, -0.2) is 0 Å². The van der Waals surface area contributed by atoms with E-state index in [2.05, 4.69) is 5.32 Å². The van der Waals surface area contributed by atoms with E-state index in [0.29, 0.717) is 35.3 Å². The van der Waals surface area contributed by atoms with E-state index in [0.717, 1.165) is 11.1 Å². The summed E-state index contributed by atoms with van der Waals surface area (Å²) in [6.45, 7) is 2.27. The SMILES string of the molecule is CCOc1ccc(/C=C\c2cc(OC)c(OC)c(OC)c2)cc1NC(=O)CN. The van der Waals surface area contributed by atoms with Crippen molar-refractivity contribution in [3.05, 3.63) is 41.5 Å². The van der Waals surface area contributed by atoms with Crippen molar-refractivity contribution in [3.8, 4) is 23.0 Å². The fourth-order valence-corrected chi connectivity index (χ4v) is 2.62. The Labute approximate surface area is 165 Å². The monoisotopic (exact) mass is 386 g/mol. The number of nitrogens with two attached hydrogens (primary N) is 1. The standard InChI is InChI=1S/C21H26N2O5/c1-5-28-17-9-8-14(10-16(17)23-20(24)13-22)6-7-15-11-18(25-2)21(27-4)19(12-15)26-3/h6-12H,5,13,22H2,1-4H3,(H,23,24)/b7-6-. The predicted molar refractivity (Wildman–Crippen MR) is 110 cm³/mol. The second-order valence-corrected chi connectivity index (χ2v) is 5.73. The summed E-state index contributed by atoms with van der Waals surface area (Å²) in [5.74, 6) is 1.99. The summed E-state index contributed by atoms with van der Waals surface area (Å²) in [7, 11) is 4.71. The Bertz CT molecular complexity index is 824. The molecule has 0 bridgehead atoms. The molecule has 0 aliphatic heterocycles. The van der Waals surface area contributed by atoms with Gasteiger partial charge in [0.2, 0.25) is 11.7 Å². The minimum Gasteiger partial charge on any atom is -0.493 e. The van der Waals surface area contributed by atoms with Crippen LogP contribution in [0.4, 0.5) is 5.69 Å². The van der Waals surface area contributed by atoms with Crippen LogP contribution in [0.3, 0.4) is 0 Å². The van der Waals surface area contributed by atoms with Crippen LogP contribution >= 0.6 is 0 Å². The minimum atomic E-state index is -0.285. The van der Waals surface area contributed by atoms with Crippen molar-refractivity contribution >= 4 is 23.7 Å². The maximum Gasteiger partial charge on any atom is 0.238 e. The molecule has 28 heavy (non-hydrogen) atoms. The predicted octanol–water partition coefficient (Wildman–Crippen LogP) is 3.18. The van der Waals surface area contributed by atoms with Crippen LogP contribution in [0.15, 0.2) is 30.3 Å². The highest BCUT2D eigenvalue weighted by Crippen LogP contribution is 2.38. The summed E-state index contributed by atoms with van der Waals surface area (Å²) in [6.07, 6.45) is 3.82. The van der Waals surface area contributed by atoms with Crippen molar-refractivity contribution in [2.24, 2.45) is 5.73 Å². The molecule has 0 unspecified atom stereocenters. The second-order valence-electron chi connectivity index (χ2n) is 5.73. The van der Waals surface area contributed by atoms with Crippen molar-refractivity contribution in [1.82, 2.24) is 0 Å². The third-order valence-corrected chi connectivity index (χ3v) is 3.92. The van der Waals surface area contributed by atoms with Gasteiger partial charge in [-0.15, -0.1) is 0 Å². The summed E-state index contributed by atoms with van der Waals surface area (Å²) in [6, 6.07) is 9.24. The van der Waals surface area contributed by atoms with Crippen molar-refractivity contribution in [2.75, 3.05) is 39.8 Å². The molecule has 7 nitrogen and oxygen atoms in total. The van der Waals surface area contributed by atoms with Gasteiger partial charge in [-0.1, -0.05) is 18.2 Å². The molecule has 1 amide bonds. The summed E-state index contributed by atoms with van der Waals surface area (Å²) in [5, 5.41) is 2.76. The number of rotatable bonds is 9. The first-order valence-electron chi connectivity index (χ1n) is 8.81. The third-order valence-electron chi connectivity index (χ3n) is 3.92. The highest BCUT2D eigenvalue weighted by atomic mass is 16.5. The van der Waals surface area contributed by atoms with E-state index in [4.69, 9.17) is 24.7 Å². The van der Waals surface area contributed by atoms with Crippen LogP contribution in [0, 0.1) is 0 Å². The summed E-state index contributed by atoms with van der Waals surface area (Å²) in [4.78, 5) is 11.7. The van der Waals surface area contributed by atoms with E-state index in [9.17, 15) is 4.79 Å². The summed E-state index contributed by atoms with van der Waals surface area (Å²) < 4.78 is 21.6. The molecule has 0 aliphatic rings. The molecule has 3 N–H and O–H groups in total. The van der Waals surface area contributed by atoms with Crippen LogP contribution in [0.2, 0.25) is 0 Å². The van der Waals surface area contributed by atoms with E-state index in [1.54, 1.807) is 21.3 Å². The Kier molecular flexibility index (Phi) is 7.71.